The lowest BCUT2D eigenvalue weighted by Gasteiger charge is -2.38. The first kappa shape index (κ1) is 13.3. The number of nitrogens with one attached hydrogen (secondary N) is 1. The largest absolute Gasteiger partial charge is 0.396 e. The number of methoxy groups -OCH3 is 1. The van der Waals surface area contributed by atoms with Gasteiger partial charge < -0.3 is 15.2 Å². The molecule has 0 saturated heterocycles. The Morgan fingerprint density at radius 2 is 1.65 bits per heavy atom. The summed E-state index contributed by atoms with van der Waals surface area (Å²) in [4.78, 5) is 0. The van der Waals surface area contributed by atoms with Crippen molar-refractivity contribution < 1.29 is 9.84 Å². The maximum Gasteiger partial charge on any atom is 0.0724 e. The van der Waals surface area contributed by atoms with Crippen LogP contribution < -0.4 is 5.32 Å². The molecule has 100 valence electrons. The predicted octanol–water partition coefficient (Wildman–Crippen LogP) is 2.08. The minimum atomic E-state index is 0.335. The lowest BCUT2D eigenvalue weighted by Crippen LogP contribution is -2.51. The molecule has 2 aliphatic carbocycles. The average Bonchev–Trinajstić information content (AvgIpc) is 2.40. The first-order chi connectivity index (χ1) is 8.35. The summed E-state index contributed by atoms with van der Waals surface area (Å²) in [5, 5.41) is 13.2. The van der Waals surface area contributed by atoms with Crippen molar-refractivity contribution in [1.29, 1.82) is 0 Å². The van der Waals surface area contributed by atoms with Crippen molar-refractivity contribution in [2.24, 2.45) is 5.92 Å². The van der Waals surface area contributed by atoms with Gasteiger partial charge in [0.25, 0.3) is 0 Å². The van der Waals surface area contributed by atoms with Crippen LogP contribution in [0.5, 0.6) is 0 Å². The van der Waals surface area contributed by atoms with Gasteiger partial charge in [0.1, 0.15) is 0 Å². The molecular formula is C14H27NO2. The second-order valence-electron chi connectivity index (χ2n) is 5.67. The van der Waals surface area contributed by atoms with Gasteiger partial charge in [-0.1, -0.05) is 25.7 Å². The average molecular weight is 241 g/mol. The highest BCUT2D eigenvalue weighted by Crippen LogP contribution is 2.27. The molecule has 3 nitrogen and oxygen atoms in total. The van der Waals surface area contributed by atoms with Gasteiger partial charge >= 0.3 is 0 Å². The van der Waals surface area contributed by atoms with Crippen LogP contribution in [0.4, 0.5) is 0 Å². The molecule has 0 aromatic heterocycles. The highest BCUT2D eigenvalue weighted by atomic mass is 16.5. The Balaban J connectivity index is 1.88. The number of rotatable bonds is 4. The van der Waals surface area contributed by atoms with Crippen LogP contribution in [-0.2, 0) is 4.74 Å². The Bertz CT molecular complexity index is 200. The van der Waals surface area contributed by atoms with E-state index in [0.717, 1.165) is 0 Å². The fourth-order valence-electron chi connectivity index (χ4n) is 3.49. The maximum absolute atomic E-state index is 9.44. The van der Waals surface area contributed by atoms with Gasteiger partial charge in [-0.15, -0.1) is 0 Å². The molecule has 0 aromatic rings. The molecule has 4 unspecified atom stereocenters. The van der Waals surface area contributed by atoms with Gasteiger partial charge in [-0.3, -0.25) is 0 Å². The fraction of sp³-hybridized carbons (Fsp3) is 1.00. The summed E-state index contributed by atoms with van der Waals surface area (Å²) >= 11 is 0. The van der Waals surface area contributed by atoms with Crippen LogP contribution in [0.1, 0.15) is 51.4 Å². The summed E-state index contributed by atoms with van der Waals surface area (Å²) in [7, 11) is 1.83. The van der Waals surface area contributed by atoms with Crippen LogP contribution in [0.15, 0.2) is 0 Å². The molecule has 0 spiro atoms. The van der Waals surface area contributed by atoms with Gasteiger partial charge in [0.15, 0.2) is 0 Å². The van der Waals surface area contributed by atoms with Crippen molar-refractivity contribution in [2.45, 2.75) is 69.6 Å². The van der Waals surface area contributed by atoms with Crippen LogP contribution >= 0.6 is 0 Å². The summed E-state index contributed by atoms with van der Waals surface area (Å²) in [6.07, 6.45) is 10.4. The Morgan fingerprint density at radius 3 is 2.35 bits per heavy atom. The summed E-state index contributed by atoms with van der Waals surface area (Å²) in [5.41, 5.74) is 0. The molecule has 17 heavy (non-hydrogen) atoms. The van der Waals surface area contributed by atoms with Crippen LogP contribution in [0.3, 0.4) is 0 Å². The van der Waals surface area contributed by atoms with Gasteiger partial charge in [-0.25, -0.2) is 0 Å². The quantitative estimate of drug-likeness (QED) is 0.792. The predicted molar refractivity (Wildman–Crippen MR) is 69.0 cm³/mol. The van der Waals surface area contributed by atoms with Crippen molar-refractivity contribution in [1.82, 2.24) is 5.32 Å². The van der Waals surface area contributed by atoms with E-state index in [4.69, 9.17) is 4.74 Å². The molecule has 2 N–H and O–H groups in total. The lowest BCUT2D eigenvalue weighted by atomic mass is 9.83. The molecule has 2 aliphatic rings. The third-order valence-corrected chi connectivity index (χ3v) is 4.58. The highest BCUT2D eigenvalue weighted by molar-refractivity contribution is 4.88. The SMILES string of the molecule is COC1CCCCC1NC1CCCCC1CO. The van der Waals surface area contributed by atoms with E-state index in [1.54, 1.807) is 0 Å². The smallest absolute Gasteiger partial charge is 0.0724 e. The minimum Gasteiger partial charge on any atom is -0.396 e. The van der Waals surface area contributed by atoms with Crippen molar-refractivity contribution in [2.75, 3.05) is 13.7 Å². The molecule has 0 aliphatic heterocycles. The third kappa shape index (κ3) is 3.43. The van der Waals surface area contributed by atoms with E-state index >= 15 is 0 Å². The second kappa shape index (κ2) is 6.72. The van der Waals surface area contributed by atoms with Gasteiger partial charge in [-0.05, 0) is 31.6 Å². The number of hydrogen-bond donors (Lipinski definition) is 2. The van der Waals surface area contributed by atoms with E-state index in [2.05, 4.69) is 5.32 Å². The van der Waals surface area contributed by atoms with Gasteiger partial charge in [-0.2, -0.15) is 0 Å². The van der Waals surface area contributed by atoms with E-state index < -0.39 is 0 Å². The molecular weight excluding hydrogens is 214 g/mol. The van der Waals surface area contributed by atoms with E-state index in [1.807, 2.05) is 7.11 Å². The van der Waals surface area contributed by atoms with Crippen LogP contribution in [0.25, 0.3) is 0 Å². The molecule has 0 heterocycles. The van der Waals surface area contributed by atoms with Crippen LogP contribution in [0.2, 0.25) is 0 Å². The molecule has 0 aromatic carbocycles. The Morgan fingerprint density at radius 1 is 1.00 bits per heavy atom. The van der Waals surface area contributed by atoms with Gasteiger partial charge in [0.05, 0.1) is 6.10 Å². The summed E-state index contributed by atoms with van der Waals surface area (Å²) < 4.78 is 5.59. The Kier molecular flexibility index (Phi) is 5.26. The normalized spacial score (nSPS) is 39.2. The Hall–Kier alpha value is -0.120. The Labute approximate surface area is 105 Å². The monoisotopic (exact) mass is 241 g/mol. The molecule has 2 saturated carbocycles. The van der Waals surface area contributed by atoms with Crippen molar-refractivity contribution in [3.63, 3.8) is 0 Å². The number of ether oxygens (including phenoxy) is 1. The van der Waals surface area contributed by atoms with E-state index in [0.29, 0.717) is 30.7 Å². The first-order valence-electron chi connectivity index (χ1n) is 7.25. The second-order valence-corrected chi connectivity index (χ2v) is 5.67. The zero-order chi connectivity index (χ0) is 12.1. The van der Waals surface area contributed by atoms with E-state index in [9.17, 15) is 5.11 Å². The number of aliphatic hydroxyl groups is 1. The topological polar surface area (TPSA) is 41.5 Å². The standard InChI is InChI=1S/C14H27NO2/c1-17-14-9-5-4-8-13(14)15-12-7-3-2-6-11(12)10-16/h11-16H,2-10H2,1H3. The van der Waals surface area contributed by atoms with Crippen molar-refractivity contribution in [3.05, 3.63) is 0 Å². The molecule has 4 atom stereocenters. The zero-order valence-corrected chi connectivity index (χ0v) is 11.0. The lowest BCUT2D eigenvalue weighted by molar-refractivity contribution is 0.0282. The number of hydrogen-bond acceptors (Lipinski definition) is 3. The molecule has 2 rings (SSSR count). The van der Waals surface area contributed by atoms with E-state index in [1.165, 1.54) is 51.4 Å². The fourth-order valence-corrected chi connectivity index (χ4v) is 3.49. The van der Waals surface area contributed by atoms with E-state index in [-0.39, 0.29) is 0 Å². The minimum absolute atomic E-state index is 0.335. The number of aliphatic hydroxyl groups excluding tert-OH is 1. The highest BCUT2D eigenvalue weighted by Gasteiger charge is 2.31. The molecule has 0 bridgehead atoms. The molecule has 2 fully saturated rings. The maximum atomic E-state index is 9.44. The molecule has 3 heteroatoms. The first-order valence-corrected chi connectivity index (χ1v) is 7.25. The van der Waals surface area contributed by atoms with Crippen molar-refractivity contribution in [3.8, 4) is 0 Å². The van der Waals surface area contributed by atoms with Crippen molar-refractivity contribution >= 4 is 0 Å². The van der Waals surface area contributed by atoms with Crippen LogP contribution in [-0.4, -0.2) is 37.0 Å². The zero-order valence-electron chi connectivity index (χ0n) is 11.0. The summed E-state index contributed by atoms with van der Waals surface area (Å²) in [6.45, 7) is 0.335. The van der Waals surface area contributed by atoms with Gasteiger partial charge in [0, 0.05) is 25.8 Å². The summed E-state index contributed by atoms with van der Waals surface area (Å²) in [6, 6.07) is 1.01. The van der Waals surface area contributed by atoms with Crippen LogP contribution in [0, 0.1) is 5.92 Å². The molecule has 0 amide bonds. The summed E-state index contributed by atoms with van der Waals surface area (Å²) in [5.74, 6) is 0.461. The van der Waals surface area contributed by atoms with Gasteiger partial charge in [0.2, 0.25) is 0 Å². The third-order valence-electron chi connectivity index (χ3n) is 4.58. The molecule has 0 radical (unpaired) electrons.